The fourth-order valence-corrected chi connectivity index (χ4v) is 1.30. The second-order valence-electron chi connectivity index (χ2n) is 2.64. The van der Waals surface area contributed by atoms with Crippen LogP contribution in [0.15, 0.2) is 40.4 Å². The highest BCUT2D eigenvalue weighted by Gasteiger charge is 2.03. The first-order chi connectivity index (χ1) is 6.33. The van der Waals surface area contributed by atoms with Gasteiger partial charge in [0.1, 0.15) is 5.69 Å². The number of hydrogen-bond donors (Lipinski definition) is 1. The second-order valence-corrected chi connectivity index (χ2v) is 2.64. The minimum Gasteiger partial charge on any atom is -0.328 e. The number of aromatic nitrogens is 1. The van der Waals surface area contributed by atoms with Gasteiger partial charge in [-0.05, 0) is 22.7 Å². The summed E-state index contributed by atoms with van der Waals surface area (Å²) in [6.45, 7) is 0. The highest BCUT2D eigenvalue weighted by Crippen LogP contribution is 2.21. The molecular weight excluding hydrogens is 168 g/mol. The van der Waals surface area contributed by atoms with Crippen molar-refractivity contribution in [3.8, 4) is 0 Å². The molecule has 0 radical (unpaired) electrons. The fraction of sp³-hybridized carbons (Fsp3) is 0. The van der Waals surface area contributed by atoms with E-state index >= 15 is 0 Å². The monoisotopic (exact) mass is 174 g/mol. The molecule has 0 aliphatic heterocycles. The molecule has 1 N–H and O–H groups in total. The van der Waals surface area contributed by atoms with E-state index in [-0.39, 0.29) is 11.2 Å². The molecule has 0 aliphatic rings. The van der Waals surface area contributed by atoms with Crippen molar-refractivity contribution in [2.45, 2.75) is 0 Å². The number of H-pyrrole nitrogens is 1. The lowest BCUT2D eigenvalue weighted by Crippen LogP contribution is -2.04. The van der Waals surface area contributed by atoms with Gasteiger partial charge in [0.2, 0.25) is 0 Å². The average molecular weight is 174 g/mol. The Kier molecular flexibility index (Phi) is 1.66. The number of rotatable bonds is 1. The van der Waals surface area contributed by atoms with E-state index in [0.717, 1.165) is 5.39 Å². The van der Waals surface area contributed by atoms with Gasteiger partial charge in [0.05, 0.1) is 5.39 Å². The van der Waals surface area contributed by atoms with Gasteiger partial charge < -0.3 is 4.98 Å². The average Bonchev–Trinajstić information content (AvgIpc) is 2.17. The number of pyridine rings is 1. The SMILES string of the molecule is O=Nc1cccc2cc[nH]c(=O)c12. The van der Waals surface area contributed by atoms with Crippen molar-refractivity contribution in [2.75, 3.05) is 0 Å². The standard InChI is InChI=1S/C9H6N2O2/c12-9-8-6(4-5-10-9)2-1-3-7(8)11-13/h1-5H,(H,10,12). The summed E-state index contributed by atoms with van der Waals surface area (Å²) in [7, 11) is 0. The summed E-state index contributed by atoms with van der Waals surface area (Å²) in [6, 6.07) is 6.70. The number of fused-ring (bicyclic) bond motifs is 1. The Labute approximate surface area is 73.2 Å². The van der Waals surface area contributed by atoms with Crippen LogP contribution in [0.1, 0.15) is 0 Å². The van der Waals surface area contributed by atoms with E-state index in [1.54, 1.807) is 24.4 Å². The molecule has 1 heterocycles. The molecule has 4 nitrogen and oxygen atoms in total. The molecule has 13 heavy (non-hydrogen) atoms. The van der Waals surface area contributed by atoms with E-state index < -0.39 is 0 Å². The van der Waals surface area contributed by atoms with Gasteiger partial charge in [-0.25, -0.2) is 0 Å². The van der Waals surface area contributed by atoms with Crippen LogP contribution in [0.5, 0.6) is 0 Å². The number of nitroso groups, excluding NO2 is 1. The Morgan fingerprint density at radius 1 is 1.23 bits per heavy atom. The number of benzene rings is 1. The fourth-order valence-electron chi connectivity index (χ4n) is 1.30. The maximum absolute atomic E-state index is 11.3. The quantitative estimate of drug-likeness (QED) is 0.671. The van der Waals surface area contributed by atoms with E-state index in [1.807, 2.05) is 0 Å². The smallest absolute Gasteiger partial charge is 0.258 e. The highest BCUT2D eigenvalue weighted by molar-refractivity contribution is 5.91. The number of nitrogens with zero attached hydrogens (tertiary/aromatic N) is 1. The van der Waals surface area contributed by atoms with E-state index in [1.165, 1.54) is 6.07 Å². The maximum atomic E-state index is 11.3. The van der Waals surface area contributed by atoms with Crippen molar-refractivity contribution in [3.63, 3.8) is 0 Å². The van der Waals surface area contributed by atoms with Crippen molar-refractivity contribution < 1.29 is 0 Å². The van der Waals surface area contributed by atoms with E-state index in [9.17, 15) is 9.70 Å². The lowest BCUT2D eigenvalue weighted by atomic mass is 10.1. The molecule has 1 aromatic carbocycles. The van der Waals surface area contributed by atoms with Crippen molar-refractivity contribution in [1.29, 1.82) is 0 Å². The first-order valence-corrected chi connectivity index (χ1v) is 3.77. The largest absolute Gasteiger partial charge is 0.328 e. The third-order valence-corrected chi connectivity index (χ3v) is 1.88. The van der Waals surface area contributed by atoms with Gasteiger partial charge in [-0.15, -0.1) is 4.91 Å². The third-order valence-electron chi connectivity index (χ3n) is 1.88. The molecule has 0 unspecified atom stereocenters. The zero-order valence-electron chi connectivity index (χ0n) is 6.65. The van der Waals surface area contributed by atoms with Gasteiger partial charge in [-0.2, -0.15) is 0 Å². The summed E-state index contributed by atoms with van der Waals surface area (Å²) in [4.78, 5) is 24.2. The molecule has 1 aromatic heterocycles. The van der Waals surface area contributed by atoms with Gasteiger partial charge in [0, 0.05) is 6.20 Å². The summed E-state index contributed by atoms with van der Waals surface area (Å²) in [5, 5.41) is 3.86. The first kappa shape index (κ1) is 7.67. The van der Waals surface area contributed by atoms with Crippen LogP contribution in [-0.2, 0) is 0 Å². The molecule has 64 valence electrons. The molecule has 0 atom stereocenters. The predicted octanol–water partition coefficient (Wildman–Crippen LogP) is 1.93. The highest BCUT2D eigenvalue weighted by atomic mass is 16.3. The van der Waals surface area contributed by atoms with Crippen molar-refractivity contribution in [3.05, 3.63) is 45.7 Å². The normalized spacial score (nSPS) is 10.2. The van der Waals surface area contributed by atoms with Crippen LogP contribution in [0.25, 0.3) is 10.8 Å². The van der Waals surface area contributed by atoms with Crippen molar-refractivity contribution in [2.24, 2.45) is 5.18 Å². The van der Waals surface area contributed by atoms with E-state index in [2.05, 4.69) is 10.2 Å². The minimum absolute atomic E-state index is 0.180. The Morgan fingerprint density at radius 2 is 2.08 bits per heavy atom. The summed E-state index contributed by atoms with van der Waals surface area (Å²) in [5.74, 6) is 0. The summed E-state index contributed by atoms with van der Waals surface area (Å²) in [6.07, 6.45) is 1.54. The molecule has 0 saturated heterocycles. The van der Waals surface area contributed by atoms with Crippen molar-refractivity contribution in [1.82, 2.24) is 4.98 Å². The van der Waals surface area contributed by atoms with Gasteiger partial charge >= 0.3 is 0 Å². The summed E-state index contributed by atoms with van der Waals surface area (Å²) >= 11 is 0. The van der Waals surface area contributed by atoms with E-state index in [0.29, 0.717) is 5.39 Å². The van der Waals surface area contributed by atoms with E-state index in [4.69, 9.17) is 0 Å². The molecule has 2 aromatic rings. The minimum atomic E-state index is -0.285. The van der Waals surface area contributed by atoms with Gasteiger partial charge in [-0.1, -0.05) is 12.1 Å². The van der Waals surface area contributed by atoms with Crippen LogP contribution < -0.4 is 5.56 Å². The van der Waals surface area contributed by atoms with Gasteiger partial charge in [-0.3, -0.25) is 4.79 Å². The van der Waals surface area contributed by atoms with Gasteiger partial charge in [0.15, 0.2) is 0 Å². The Balaban J connectivity index is 3.03. The molecule has 0 saturated carbocycles. The molecule has 0 amide bonds. The first-order valence-electron chi connectivity index (χ1n) is 3.77. The zero-order valence-corrected chi connectivity index (χ0v) is 6.65. The van der Waals surface area contributed by atoms with Crippen LogP contribution >= 0.6 is 0 Å². The lowest BCUT2D eigenvalue weighted by molar-refractivity contribution is 1.27. The second kappa shape index (κ2) is 2.82. The van der Waals surface area contributed by atoms with Crippen LogP contribution in [0.4, 0.5) is 5.69 Å². The van der Waals surface area contributed by atoms with Crippen LogP contribution in [0.3, 0.4) is 0 Å². The van der Waals surface area contributed by atoms with Crippen LogP contribution in [-0.4, -0.2) is 4.98 Å². The lowest BCUT2D eigenvalue weighted by Gasteiger charge is -1.96. The van der Waals surface area contributed by atoms with Gasteiger partial charge in [0.25, 0.3) is 5.56 Å². The molecule has 2 rings (SSSR count). The molecule has 0 aliphatic carbocycles. The summed E-state index contributed by atoms with van der Waals surface area (Å²) < 4.78 is 0. The number of nitrogens with one attached hydrogen (secondary N) is 1. The van der Waals surface area contributed by atoms with Crippen LogP contribution in [0, 0.1) is 4.91 Å². The summed E-state index contributed by atoms with van der Waals surface area (Å²) in [5.41, 5.74) is -0.105. The Bertz CT molecular complexity index is 511. The topological polar surface area (TPSA) is 62.3 Å². The molecule has 0 bridgehead atoms. The van der Waals surface area contributed by atoms with Crippen molar-refractivity contribution >= 4 is 16.5 Å². The number of hydrogen-bond acceptors (Lipinski definition) is 3. The molecule has 4 heteroatoms. The number of aromatic amines is 1. The van der Waals surface area contributed by atoms with Crippen LogP contribution in [0.2, 0.25) is 0 Å². The zero-order chi connectivity index (χ0) is 9.26. The molecule has 0 fully saturated rings. The maximum Gasteiger partial charge on any atom is 0.258 e. The third kappa shape index (κ3) is 1.12. The Morgan fingerprint density at radius 3 is 2.85 bits per heavy atom. The molecular formula is C9H6N2O2. The Hall–Kier alpha value is -1.97. The molecule has 0 spiro atoms. The predicted molar refractivity (Wildman–Crippen MR) is 50.0 cm³/mol.